The topological polar surface area (TPSA) is 18.5 Å². The monoisotopic (exact) mass is 258 g/mol. The van der Waals surface area contributed by atoms with Gasteiger partial charge in [0, 0.05) is 24.0 Å². The van der Waals surface area contributed by atoms with Gasteiger partial charge in [-0.2, -0.15) is 0 Å². The number of hydrogen-bond donors (Lipinski definition) is 0. The van der Waals surface area contributed by atoms with Gasteiger partial charge in [0.2, 0.25) is 0 Å². The summed E-state index contributed by atoms with van der Waals surface area (Å²) in [5, 5.41) is 1.46. The minimum atomic E-state index is -0.404. The van der Waals surface area contributed by atoms with Gasteiger partial charge in [-0.15, -0.1) is 0 Å². The molecule has 0 amide bonds. The second-order valence-corrected chi connectivity index (χ2v) is 5.80. The van der Waals surface area contributed by atoms with Crippen LogP contribution in [0.5, 0.6) is 0 Å². The molecule has 0 atom stereocenters. The van der Waals surface area contributed by atoms with Crippen molar-refractivity contribution in [2.45, 2.75) is 13.8 Å². The van der Waals surface area contributed by atoms with Gasteiger partial charge in [0.15, 0.2) is 0 Å². The normalized spacial score (nSPS) is 18.8. The van der Waals surface area contributed by atoms with Crippen molar-refractivity contribution in [3.63, 3.8) is 0 Å². The Bertz CT molecular complexity index is 602. The molecule has 0 bridgehead atoms. The molecule has 1 heterocycles. The van der Waals surface area contributed by atoms with Crippen molar-refractivity contribution in [2.75, 3.05) is 13.2 Å². The molecule has 2 nitrogen and oxygen atoms in total. The maximum Gasteiger partial charge on any atom is 0.494 e. The first kappa shape index (κ1) is 12.6. The fourth-order valence-corrected chi connectivity index (χ4v) is 2.37. The Morgan fingerprint density at radius 1 is 1.00 bits per heavy atom. The van der Waals surface area contributed by atoms with Crippen LogP contribution < -0.4 is 5.46 Å². The van der Waals surface area contributed by atoms with Crippen LogP contribution >= 0.6 is 0 Å². The quantitative estimate of drug-likeness (QED) is 0.732. The van der Waals surface area contributed by atoms with E-state index in [0.29, 0.717) is 18.6 Å². The van der Waals surface area contributed by atoms with Crippen LogP contribution in [0.15, 0.2) is 36.4 Å². The summed E-state index contributed by atoms with van der Waals surface area (Å²) in [6.45, 7) is 5.49. The fourth-order valence-electron chi connectivity index (χ4n) is 2.37. The summed E-state index contributed by atoms with van der Waals surface area (Å²) in [4.78, 5) is 0. The second kappa shape index (κ2) is 4.62. The van der Waals surface area contributed by atoms with Crippen molar-refractivity contribution in [2.24, 2.45) is 5.41 Å². The van der Waals surface area contributed by atoms with Gasteiger partial charge < -0.3 is 9.31 Å². The van der Waals surface area contributed by atoms with Gasteiger partial charge in [0.05, 0.1) is 0 Å². The van der Waals surface area contributed by atoms with Crippen LogP contribution in [-0.4, -0.2) is 20.3 Å². The maximum absolute atomic E-state index is 13.8. The molecule has 3 rings (SSSR count). The zero-order chi connectivity index (χ0) is 13.5. The predicted molar refractivity (Wildman–Crippen MR) is 75.0 cm³/mol. The van der Waals surface area contributed by atoms with Crippen LogP contribution in [0.25, 0.3) is 10.8 Å². The van der Waals surface area contributed by atoms with Gasteiger partial charge in [-0.25, -0.2) is 4.39 Å². The molecule has 0 aromatic heterocycles. The summed E-state index contributed by atoms with van der Waals surface area (Å²) in [6.07, 6.45) is 0. The van der Waals surface area contributed by atoms with Crippen molar-refractivity contribution in [3.05, 3.63) is 42.2 Å². The molecule has 0 N–H and O–H groups in total. The Balaban J connectivity index is 2.00. The summed E-state index contributed by atoms with van der Waals surface area (Å²) >= 11 is 0. The molecule has 2 aromatic rings. The van der Waals surface area contributed by atoms with Crippen LogP contribution in [0.3, 0.4) is 0 Å². The average molecular weight is 258 g/mol. The SMILES string of the molecule is CC1(C)COB(c2cccc3c(F)cccc23)OC1. The van der Waals surface area contributed by atoms with E-state index in [1.807, 2.05) is 18.2 Å². The first-order chi connectivity index (χ1) is 9.07. The van der Waals surface area contributed by atoms with Gasteiger partial charge in [-0.3, -0.25) is 0 Å². The van der Waals surface area contributed by atoms with Gasteiger partial charge in [-0.05, 0) is 16.9 Å². The van der Waals surface area contributed by atoms with Gasteiger partial charge in [0.25, 0.3) is 0 Å². The zero-order valence-corrected chi connectivity index (χ0v) is 11.2. The Morgan fingerprint density at radius 2 is 1.63 bits per heavy atom. The van der Waals surface area contributed by atoms with E-state index >= 15 is 0 Å². The Kier molecular flexibility index (Phi) is 3.07. The summed E-state index contributed by atoms with van der Waals surface area (Å²) < 4.78 is 25.3. The first-order valence-electron chi connectivity index (χ1n) is 6.47. The van der Waals surface area contributed by atoms with E-state index in [0.717, 1.165) is 10.8 Å². The number of halogens is 1. The summed E-state index contributed by atoms with van der Waals surface area (Å²) in [6, 6.07) is 10.6. The van der Waals surface area contributed by atoms with Gasteiger partial charge in [0.1, 0.15) is 5.82 Å². The Hall–Kier alpha value is -1.39. The zero-order valence-electron chi connectivity index (χ0n) is 11.2. The van der Waals surface area contributed by atoms with Crippen molar-refractivity contribution in [3.8, 4) is 0 Å². The van der Waals surface area contributed by atoms with Crippen LogP contribution in [0, 0.1) is 11.2 Å². The van der Waals surface area contributed by atoms with E-state index in [1.54, 1.807) is 12.1 Å². The molecule has 1 aliphatic rings. The first-order valence-corrected chi connectivity index (χ1v) is 6.47. The van der Waals surface area contributed by atoms with Crippen molar-refractivity contribution >= 4 is 23.4 Å². The lowest BCUT2D eigenvalue weighted by Crippen LogP contribution is -2.47. The molecule has 4 heteroatoms. The smallest absolute Gasteiger partial charge is 0.407 e. The molecule has 98 valence electrons. The second-order valence-electron chi connectivity index (χ2n) is 5.80. The van der Waals surface area contributed by atoms with E-state index in [1.165, 1.54) is 6.07 Å². The fraction of sp³-hybridized carbons (Fsp3) is 0.333. The number of hydrogen-bond acceptors (Lipinski definition) is 2. The lowest BCUT2D eigenvalue weighted by molar-refractivity contribution is 0.0344. The third-order valence-electron chi connectivity index (χ3n) is 3.41. The van der Waals surface area contributed by atoms with E-state index in [2.05, 4.69) is 13.8 Å². The maximum atomic E-state index is 13.8. The van der Waals surface area contributed by atoms with Crippen LogP contribution in [0.1, 0.15) is 13.8 Å². The van der Waals surface area contributed by atoms with Crippen LogP contribution in [-0.2, 0) is 9.31 Å². The van der Waals surface area contributed by atoms with E-state index < -0.39 is 7.12 Å². The number of benzene rings is 2. The Labute approximate surface area is 112 Å². The molecule has 0 radical (unpaired) electrons. The Morgan fingerprint density at radius 3 is 2.37 bits per heavy atom. The lowest BCUT2D eigenvalue weighted by atomic mass is 9.73. The van der Waals surface area contributed by atoms with Crippen molar-refractivity contribution in [1.82, 2.24) is 0 Å². The van der Waals surface area contributed by atoms with E-state index in [-0.39, 0.29) is 11.2 Å². The molecular weight excluding hydrogens is 242 g/mol. The molecule has 0 aliphatic carbocycles. The molecule has 0 unspecified atom stereocenters. The standard InChI is InChI=1S/C15H16BFO2/c1-15(2)9-18-16(19-10-15)13-7-3-6-12-11(13)5-4-8-14(12)17/h3-8H,9-10H2,1-2H3. The molecular formula is C15H16BFO2. The highest BCUT2D eigenvalue weighted by Crippen LogP contribution is 2.23. The lowest BCUT2D eigenvalue weighted by Gasteiger charge is -2.33. The van der Waals surface area contributed by atoms with Crippen LogP contribution in [0.4, 0.5) is 4.39 Å². The number of rotatable bonds is 1. The summed E-state index contributed by atoms with van der Waals surface area (Å²) in [7, 11) is -0.404. The molecule has 1 aliphatic heterocycles. The van der Waals surface area contributed by atoms with Crippen LogP contribution in [0.2, 0.25) is 0 Å². The molecule has 0 saturated carbocycles. The third-order valence-corrected chi connectivity index (χ3v) is 3.41. The van der Waals surface area contributed by atoms with Gasteiger partial charge in [-0.1, -0.05) is 44.2 Å². The largest absolute Gasteiger partial charge is 0.494 e. The number of fused-ring (bicyclic) bond motifs is 1. The minimum Gasteiger partial charge on any atom is -0.407 e. The molecule has 2 aromatic carbocycles. The highest BCUT2D eigenvalue weighted by atomic mass is 19.1. The third kappa shape index (κ3) is 2.38. The molecule has 1 fully saturated rings. The van der Waals surface area contributed by atoms with E-state index in [4.69, 9.17) is 9.31 Å². The molecule has 1 saturated heterocycles. The summed E-state index contributed by atoms with van der Waals surface area (Å²) in [5.74, 6) is -0.213. The molecule has 0 spiro atoms. The average Bonchev–Trinajstić information content (AvgIpc) is 2.39. The predicted octanol–water partition coefficient (Wildman–Crippen LogP) is 2.75. The highest BCUT2D eigenvalue weighted by Gasteiger charge is 2.34. The summed E-state index contributed by atoms with van der Waals surface area (Å²) in [5.41, 5.74) is 0.930. The van der Waals surface area contributed by atoms with Crippen molar-refractivity contribution < 1.29 is 13.7 Å². The van der Waals surface area contributed by atoms with Crippen molar-refractivity contribution in [1.29, 1.82) is 0 Å². The van der Waals surface area contributed by atoms with E-state index in [9.17, 15) is 4.39 Å². The minimum absolute atomic E-state index is 0.0341. The molecule has 19 heavy (non-hydrogen) atoms. The highest BCUT2D eigenvalue weighted by molar-refractivity contribution is 6.64. The van der Waals surface area contributed by atoms with Gasteiger partial charge >= 0.3 is 7.12 Å².